The van der Waals surface area contributed by atoms with Gasteiger partial charge in [-0.2, -0.15) is 5.10 Å². The molecule has 0 saturated carbocycles. The van der Waals surface area contributed by atoms with E-state index in [9.17, 15) is 13.2 Å². The van der Waals surface area contributed by atoms with E-state index in [-0.39, 0.29) is 10.8 Å². The molecular weight excluding hydrogens is 280 g/mol. The molecule has 20 heavy (non-hydrogen) atoms. The number of anilines is 1. The van der Waals surface area contributed by atoms with Crippen molar-refractivity contribution in [1.29, 1.82) is 0 Å². The van der Waals surface area contributed by atoms with E-state index in [1.807, 2.05) is 0 Å². The summed E-state index contributed by atoms with van der Waals surface area (Å²) in [6.45, 7) is 1.75. The van der Waals surface area contributed by atoms with Gasteiger partial charge < -0.3 is 5.32 Å². The maximum Gasteiger partial charge on any atom is 0.265 e. The fourth-order valence-corrected chi connectivity index (χ4v) is 2.63. The number of nitrogens with zero attached hydrogens (tertiary/aromatic N) is 1. The third-order valence-corrected chi connectivity index (χ3v) is 4.09. The number of rotatable bonds is 4. The topological polar surface area (TPSA) is 104 Å². The molecule has 1 aromatic heterocycles. The Labute approximate surface area is 116 Å². The van der Waals surface area contributed by atoms with E-state index in [4.69, 9.17) is 0 Å². The summed E-state index contributed by atoms with van der Waals surface area (Å²) in [5.74, 6) is -0.284. The van der Waals surface area contributed by atoms with Gasteiger partial charge >= 0.3 is 0 Å². The maximum atomic E-state index is 12.1. The van der Waals surface area contributed by atoms with E-state index in [0.717, 1.165) is 0 Å². The molecule has 0 spiro atoms. The Morgan fingerprint density at radius 1 is 1.35 bits per heavy atom. The number of aromatic amines is 1. The molecule has 0 radical (unpaired) electrons. The molecule has 106 valence electrons. The highest BCUT2D eigenvalue weighted by molar-refractivity contribution is 7.92. The van der Waals surface area contributed by atoms with Crippen LogP contribution in [-0.2, 0) is 10.0 Å². The van der Waals surface area contributed by atoms with Crippen LogP contribution in [0.15, 0.2) is 35.5 Å². The Morgan fingerprint density at radius 3 is 2.70 bits per heavy atom. The van der Waals surface area contributed by atoms with E-state index in [0.29, 0.717) is 16.8 Å². The molecule has 0 aliphatic carbocycles. The van der Waals surface area contributed by atoms with E-state index >= 15 is 0 Å². The number of H-pyrrole nitrogens is 1. The van der Waals surface area contributed by atoms with Crippen molar-refractivity contribution in [2.75, 3.05) is 11.8 Å². The second-order valence-corrected chi connectivity index (χ2v) is 5.83. The lowest BCUT2D eigenvalue weighted by Gasteiger charge is -2.10. The number of hydrogen-bond acceptors (Lipinski definition) is 4. The van der Waals surface area contributed by atoms with Crippen LogP contribution in [-0.4, -0.2) is 31.6 Å². The summed E-state index contributed by atoms with van der Waals surface area (Å²) in [4.78, 5) is 11.6. The fraction of sp³-hybridized carbons (Fsp3) is 0.167. The Balaban J connectivity index is 2.36. The normalized spacial score (nSPS) is 11.1. The zero-order valence-corrected chi connectivity index (χ0v) is 11.8. The van der Waals surface area contributed by atoms with Crippen LogP contribution < -0.4 is 10.0 Å². The van der Waals surface area contributed by atoms with Gasteiger partial charge in [-0.3, -0.25) is 14.6 Å². The minimum atomic E-state index is -3.72. The number of hydrogen-bond donors (Lipinski definition) is 3. The van der Waals surface area contributed by atoms with Crippen molar-refractivity contribution in [3.63, 3.8) is 0 Å². The summed E-state index contributed by atoms with van der Waals surface area (Å²) in [6, 6.07) is 4.80. The number of nitrogens with one attached hydrogen (secondary N) is 3. The fourth-order valence-electron chi connectivity index (χ4n) is 1.61. The van der Waals surface area contributed by atoms with E-state index in [1.54, 1.807) is 19.1 Å². The van der Waals surface area contributed by atoms with Gasteiger partial charge in [-0.15, -0.1) is 0 Å². The van der Waals surface area contributed by atoms with Crippen molar-refractivity contribution in [2.24, 2.45) is 0 Å². The van der Waals surface area contributed by atoms with Gasteiger partial charge in [-0.25, -0.2) is 8.42 Å². The minimum Gasteiger partial charge on any atom is -0.355 e. The Kier molecular flexibility index (Phi) is 3.75. The molecule has 0 fully saturated rings. The SMILES string of the molecule is CNC(=O)c1ccc(C)c(NS(=O)(=O)c2cn[nH]c2)c1. The average Bonchev–Trinajstić information content (AvgIpc) is 2.95. The van der Waals surface area contributed by atoms with Gasteiger partial charge in [0.2, 0.25) is 0 Å². The number of aryl methyl sites for hydroxylation is 1. The number of sulfonamides is 1. The lowest BCUT2D eigenvalue weighted by molar-refractivity contribution is 0.0963. The molecule has 0 atom stereocenters. The standard InChI is InChI=1S/C12H14N4O3S/c1-8-3-4-9(12(17)13-2)5-11(8)16-20(18,19)10-6-14-15-7-10/h3-7,16H,1-2H3,(H,13,17)(H,14,15). The molecule has 1 amide bonds. The summed E-state index contributed by atoms with van der Waals surface area (Å²) in [5, 5.41) is 8.53. The van der Waals surface area contributed by atoms with Crippen LogP contribution in [0.3, 0.4) is 0 Å². The second-order valence-electron chi connectivity index (χ2n) is 4.15. The monoisotopic (exact) mass is 294 g/mol. The molecule has 2 rings (SSSR count). The quantitative estimate of drug-likeness (QED) is 0.778. The van der Waals surface area contributed by atoms with Crippen molar-refractivity contribution in [1.82, 2.24) is 15.5 Å². The van der Waals surface area contributed by atoms with Crippen molar-refractivity contribution < 1.29 is 13.2 Å². The number of carbonyl (C=O) groups excluding carboxylic acids is 1. The molecule has 1 heterocycles. The largest absolute Gasteiger partial charge is 0.355 e. The molecule has 0 aliphatic heterocycles. The molecule has 0 unspecified atom stereocenters. The zero-order chi connectivity index (χ0) is 14.8. The van der Waals surface area contributed by atoms with Gasteiger partial charge in [0.1, 0.15) is 4.90 Å². The molecule has 0 bridgehead atoms. The summed E-state index contributed by atoms with van der Waals surface area (Å²) in [7, 11) is -2.21. The highest BCUT2D eigenvalue weighted by atomic mass is 32.2. The van der Waals surface area contributed by atoms with Gasteiger partial charge in [-0.05, 0) is 24.6 Å². The first kappa shape index (κ1) is 14.1. The molecule has 0 aliphatic rings. The molecule has 3 N–H and O–H groups in total. The molecule has 8 heteroatoms. The van der Waals surface area contributed by atoms with Crippen LogP contribution in [0.5, 0.6) is 0 Å². The number of amides is 1. The highest BCUT2D eigenvalue weighted by Gasteiger charge is 2.17. The van der Waals surface area contributed by atoms with Gasteiger partial charge in [0.15, 0.2) is 0 Å². The Hall–Kier alpha value is -2.35. The number of carbonyl (C=O) groups is 1. The molecular formula is C12H14N4O3S. The van der Waals surface area contributed by atoms with Crippen LogP contribution in [0, 0.1) is 6.92 Å². The summed E-state index contributed by atoms with van der Waals surface area (Å²) < 4.78 is 26.6. The van der Waals surface area contributed by atoms with Crippen LogP contribution in [0.2, 0.25) is 0 Å². The predicted molar refractivity (Wildman–Crippen MR) is 74.0 cm³/mol. The smallest absolute Gasteiger partial charge is 0.265 e. The Morgan fingerprint density at radius 2 is 2.10 bits per heavy atom. The summed E-state index contributed by atoms with van der Waals surface area (Å²) in [5.41, 5.74) is 1.44. The van der Waals surface area contributed by atoms with Crippen LogP contribution >= 0.6 is 0 Å². The molecule has 0 saturated heterocycles. The van der Waals surface area contributed by atoms with Crippen molar-refractivity contribution in [3.05, 3.63) is 41.7 Å². The second kappa shape index (κ2) is 5.33. The third kappa shape index (κ3) is 2.80. The van der Waals surface area contributed by atoms with Crippen LogP contribution in [0.25, 0.3) is 0 Å². The maximum absolute atomic E-state index is 12.1. The lowest BCUT2D eigenvalue weighted by atomic mass is 10.1. The highest BCUT2D eigenvalue weighted by Crippen LogP contribution is 2.20. The first-order valence-electron chi connectivity index (χ1n) is 5.78. The van der Waals surface area contributed by atoms with Gasteiger partial charge in [0.05, 0.1) is 11.9 Å². The first-order valence-corrected chi connectivity index (χ1v) is 7.26. The molecule has 7 nitrogen and oxygen atoms in total. The zero-order valence-electron chi connectivity index (χ0n) is 11.0. The first-order chi connectivity index (χ1) is 9.44. The van der Waals surface area contributed by atoms with Crippen LogP contribution in [0.1, 0.15) is 15.9 Å². The van der Waals surface area contributed by atoms with E-state index in [1.165, 1.54) is 25.5 Å². The predicted octanol–water partition coefficient (Wildman–Crippen LogP) is 0.879. The van der Waals surface area contributed by atoms with Gasteiger partial charge in [-0.1, -0.05) is 6.07 Å². The van der Waals surface area contributed by atoms with Crippen molar-refractivity contribution >= 4 is 21.6 Å². The van der Waals surface area contributed by atoms with Gasteiger partial charge in [0.25, 0.3) is 15.9 Å². The molecule has 1 aromatic carbocycles. The minimum absolute atomic E-state index is 0.0299. The lowest BCUT2D eigenvalue weighted by Crippen LogP contribution is -2.19. The van der Waals surface area contributed by atoms with E-state index in [2.05, 4.69) is 20.2 Å². The summed E-state index contributed by atoms with van der Waals surface area (Å²) in [6.07, 6.45) is 2.49. The number of aromatic nitrogens is 2. The number of benzene rings is 1. The molecule has 2 aromatic rings. The summed E-state index contributed by atoms with van der Waals surface area (Å²) >= 11 is 0. The van der Waals surface area contributed by atoms with Crippen LogP contribution in [0.4, 0.5) is 5.69 Å². The Bertz CT molecular complexity index is 723. The van der Waals surface area contributed by atoms with Crippen molar-refractivity contribution in [2.45, 2.75) is 11.8 Å². The third-order valence-electron chi connectivity index (χ3n) is 2.75. The average molecular weight is 294 g/mol. The van der Waals surface area contributed by atoms with Crippen molar-refractivity contribution in [3.8, 4) is 0 Å². The van der Waals surface area contributed by atoms with Gasteiger partial charge in [0, 0.05) is 18.8 Å². The van der Waals surface area contributed by atoms with E-state index < -0.39 is 10.0 Å².